The summed E-state index contributed by atoms with van der Waals surface area (Å²) in [6, 6.07) is 2.12. The number of carbonyl (C=O) groups excluding carboxylic acids is 1. The minimum atomic E-state index is -0.00463. The van der Waals surface area contributed by atoms with Crippen LogP contribution in [-0.2, 0) is 4.79 Å². The van der Waals surface area contributed by atoms with E-state index in [1.807, 2.05) is 6.92 Å². The molecule has 0 aromatic rings. The van der Waals surface area contributed by atoms with Crippen LogP contribution in [0.3, 0.4) is 0 Å². The standard InChI is InChI=1S/C7H9NO/c1-5-6(4-8)2-3-7(5)9/h5-6H,2-3H2,1H3/t5-,6-/m0/s1. The van der Waals surface area contributed by atoms with Crippen LogP contribution >= 0.6 is 0 Å². The average Bonchev–Trinajstić information content (AvgIpc) is 2.15. The zero-order chi connectivity index (χ0) is 6.85. The Morgan fingerprint density at radius 2 is 2.44 bits per heavy atom. The first-order chi connectivity index (χ1) is 4.25. The number of rotatable bonds is 0. The van der Waals surface area contributed by atoms with Crippen LogP contribution in [0.4, 0.5) is 0 Å². The predicted octanol–water partition coefficient (Wildman–Crippen LogP) is 1.13. The molecule has 0 bridgehead atoms. The van der Waals surface area contributed by atoms with Crippen LogP contribution in [0.2, 0.25) is 0 Å². The molecule has 0 aliphatic heterocycles. The zero-order valence-electron chi connectivity index (χ0n) is 5.42. The van der Waals surface area contributed by atoms with E-state index in [9.17, 15) is 4.79 Å². The van der Waals surface area contributed by atoms with E-state index in [-0.39, 0.29) is 17.6 Å². The van der Waals surface area contributed by atoms with Crippen molar-refractivity contribution in [2.24, 2.45) is 11.8 Å². The lowest BCUT2D eigenvalue weighted by Gasteiger charge is -2.00. The van der Waals surface area contributed by atoms with Crippen molar-refractivity contribution in [3.63, 3.8) is 0 Å². The highest BCUT2D eigenvalue weighted by Gasteiger charge is 2.30. The third-order valence-corrected chi connectivity index (χ3v) is 1.98. The highest BCUT2D eigenvalue weighted by atomic mass is 16.1. The molecule has 0 heterocycles. The van der Waals surface area contributed by atoms with Crippen molar-refractivity contribution in [1.82, 2.24) is 0 Å². The van der Waals surface area contributed by atoms with Gasteiger partial charge in [-0.25, -0.2) is 0 Å². The number of hydrogen-bond donors (Lipinski definition) is 0. The molecule has 0 spiro atoms. The Balaban J connectivity index is 2.64. The molecule has 1 rings (SSSR count). The van der Waals surface area contributed by atoms with Crippen LogP contribution < -0.4 is 0 Å². The minimum Gasteiger partial charge on any atom is -0.299 e. The van der Waals surface area contributed by atoms with Gasteiger partial charge in [0.15, 0.2) is 0 Å². The zero-order valence-corrected chi connectivity index (χ0v) is 5.42. The molecule has 0 radical (unpaired) electrons. The molecule has 1 saturated carbocycles. The molecule has 2 nitrogen and oxygen atoms in total. The monoisotopic (exact) mass is 123 g/mol. The van der Waals surface area contributed by atoms with Crippen LogP contribution in [0, 0.1) is 23.2 Å². The maximum absolute atomic E-state index is 10.8. The summed E-state index contributed by atoms with van der Waals surface area (Å²) in [4.78, 5) is 10.8. The third kappa shape index (κ3) is 0.951. The second-order valence-electron chi connectivity index (χ2n) is 2.53. The molecule has 0 N–H and O–H groups in total. The van der Waals surface area contributed by atoms with Gasteiger partial charge in [0.05, 0.1) is 12.0 Å². The molecule has 2 atom stereocenters. The van der Waals surface area contributed by atoms with Gasteiger partial charge in [0, 0.05) is 12.3 Å². The van der Waals surface area contributed by atoms with Gasteiger partial charge in [-0.3, -0.25) is 4.79 Å². The van der Waals surface area contributed by atoms with E-state index >= 15 is 0 Å². The van der Waals surface area contributed by atoms with E-state index in [1.54, 1.807) is 0 Å². The van der Waals surface area contributed by atoms with E-state index in [0.29, 0.717) is 6.42 Å². The van der Waals surface area contributed by atoms with Crippen molar-refractivity contribution in [3.05, 3.63) is 0 Å². The second-order valence-corrected chi connectivity index (χ2v) is 2.53. The van der Waals surface area contributed by atoms with E-state index < -0.39 is 0 Å². The van der Waals surface area contributed by atoms with Crippen molar-refractivity contribution in [1.29, 1.82) is 5.26 Å². The van der Waals surface area contributed by atoms with E-state index in [0.717, 1.165) is 6.42 Å². The third-order valence-electron chi connectivity index (χ3n) is 1.98. The summed E-state index contributed by atoms with van der Waals surface area (Å²) in [5, 5.41) is 8.45. The van der Waals surface area contributed by atoms with Gasteiger partial charge in [0.25, 0.3) is 0 Å². The minimum absolute atomic E-state index is 0.00231. The Morgan fingerprint density at radius 1 is 1.78 bits per heavy atom. The molecule has 48 valence electrons. The molecule has 2 heteroatoms. The molecule has 1 aliphatic carbocycles. The Kier molecular flexibility index (Phi) is 1.52. The SMILES string of the molecule is C[C@@H]1C(=O)CC[C@H]1C#N. The summed E-state index contributed by atoms with van der Waals surface area (Å²) in [6.45, 7) is 1.84. The summed E-state index contributed by atoms with van der Waals surface area (Å²) in [6.07, 6.45) is 1.38. The Labute approximate surface area is 54.5 Å². The highest BCUT2D eigenvalue weighted by Crippen LogP contribution is 2.26. The first-order valence-electron chi connectivity index (χ1n) is 3.18. The van der Waals surface area contributed by atoms with E-state index in [2.05, 4.69) is 6.07 Å². The number of nitriles is 1. The molecular formula is C7H9NO. The fraction of sp³-hybridized carbons (Fsp3) is 0.714. The van der Waals surface area contributed by atoms with Gasteiger partial charge in [0.1, 0.15) is 5.78 Å². The number of carbonyl (C=O) groups is 1. The van der Waals surface area contributed by atoms with Crippen molar-refractivity contribution >= 4 is 5.78 Å². The number of Topliss-reactive ketones (excluding diaryl/α,β-unsaturated/α-hetero) is 1. The van der Waals surface area contributed by atoms with Gasteiger partial charge in [-0.05, 0) is 6.42 Å². The quantitative estimate of drug-likeness (QED) is 0.484. The lowest BCUT2D eigenvalue weighted by molar-refractivity contribution is -0.120. The molecule has 0 aromatic carbocycles. The average molecular weight is 123 g/mol. The first-order valence-corrected chi connectivity index (χ1v) is 3.18. The lowest BCUT2D eigenvalue weighted by atomic mass is 10.00. The number of ketones is 1. The maximum atomic E-state index is 10.8. The summed E-state index contributed by atoms with van der Waals surface area (Å²) < 4.78 is 0. The summed E-state index contributed by atoms with van der Waals surface area (Å²) in [5.41, 5.74) is 0. The Morgan fingerprint density at radius 3 is 2.67 bits per heavy atom. The van der Waals surface area contributed by atoms with Gasteiger partial charge in [-0.1, -0.05) is 6.92 Å². The number of hydrogen-bond acceptors (Lipinski definition) is 2. The van der Waals surface area contributed by atoms with Crippen molar-refractivity contribution in [2.75, 3.05) is 0 Å². The highest BCUT2D eigenvalue weighted by molar-refractivity contribution is 5.83. The maximum Gasteiger partial charge on any atom is 0.137 e. The van der Waals surface area contributed by atoms with Gasteiger partial charge < -0.3 is 0 Å². The molecule has 1 aliphatic rings. The van der Waals surface area contributed by atoms with Crippen molar-refractivity contribution < 1.29 is 4.79 Å². The molecule has 9 heavy (non-hydrogen) atoms. The molecule has 0 unspecified atom stereocenters. The van der Waals surface area contributed by atoms with Crippen LogP contribution in [0.1, 0.15) is 19.8 Å². The van der Waals surface area contributed by atoms with Gasteiger partial charge in [0.2, 0.25) is 0 Å². The molecular weight excluding hydrogens is 114 g/mol. The normalized spacial score (nSPS) is 34.4. The van der Waals surface area contributed by atoms with Crippen molar-refractivity contribution in [3.8, 4) is 6.07 Å². The van der Waals surface area contributed by atoms with Gasteiger partial charge in [-0.15, -0.1) is 0 Å². The van der Waals surface area contributed by atoms with Crippen LogP contribution in [0.25, 0.3) is 0 Å². The summed E-state index contributed by atoms with van der Waals surface area (Å²) in [5.74, 6) is 0.244. The van der Waals surface area contributed by atoms with Crippen LogP contribution in [0.15, 0.2) is 0 Å². The summed E-state index contributed by atoms with van der Waals surface area (Å²) in [7, 11) is 0. The first kappa shape index (κ1) is 6.28. The molecule has 1 fully saturated rings. The second kappa shape index (κ2) is 2.18. The lowest BCUT2D eigenvalue weighted by Crippen LogP contribution is -2.07. The van der Waals surface area contributed by atoms with Gasteiger partial charge in [-0.2, -0.15) is 5.26 Å². The predicted molar refractivity (Wildman–Crippen MR) is 32.5 cm³/mol. The van der Waals surface area contributed by atoms with Crippen LogP contribution in [0.5, 0.6) is 0 Å². The Hall–Kier alpha value is -0.840. The van der Waals surface area contributed by atoms with E-state index in [1.165, 1.54) is 0 Å². The van der Waals surface area contributed by atoms with E-state index in [4.69, 9.17) is 5.26 Å². The topological polar surface area (TPSA) is 40.9 Å². The molecule has 0 amide bonds. The molecule has 0 saturated heterocycles. The fourth-order valence-electron chi connectivity index (χ4n) is 1.18. The van der Waals surface area contributed by atoms with Crippen molar-refractivity contribution in [2.45, 2.75) is 19.8 Å². The fourth-order valence-corrected chi connectivity index (χ4v) is 1.18. The summed E-state index contributed by atoms with van der Waals surface area (Å²) >= 11 is 0. The smallest absolute Gasteiger partial charge is 0.137 e. The van der Waals surface area contributed by atoms with Crippen LogP contribution in [-0.4, -0.2) is 5.78 Å². The molecule has 0 aromatic heterocycles. The Bertz CT molecular complexity index is 168. The van der Waals surface area contributed by atoms with Gasteiger partial charge >= 0.3 is 0 Å². The number of nitrogens with zero attached hydrogens (tertiary/aromatic N) is 1. The largest absolute Gasteiger partial charge is 0.299 e.